The Balaban J connectivity index is 1.68. The van der Waals surface area contributed by atoms with Crippen molar-refractivity contribution >= 4 is 21.6 Å². The normalized spacial score (nSPS) is 15.2. The van der Waals surface area contributed by atoms with E-state index in [9.17, 15) is 13.2 Å². The van der Waals surface area contributed by atoms with E-state index >= 15 is 0 Å². The topological polar surface area (TPSA) is 69.7 Å². The van der Waals surface area contributed by atoms with Crippen LogP contribution in [0.2, 0.25) is 0 Å². The Kier molecular flexibility index (Phi) is 6.36. The van der Waals surface area contributed by atoms with E-state index in [4.69, 9.17) is 0 Å². The van der Waals surface area contributed by atoms with E-state index in [1.165, 1.54) is 10.4 Å². The minimum atomic E-state index is -3.55. The molecule has 7 heteroatoms. The number of rotatable bonds is 6. The predicted octanol–water partition coefficient (Wildman–Crippen LogP) is 2.86. The molecular weight excluding hydrogens is 374 g/mol. The number of hydrogen-bond acceptors (Lipinski definition) is 4. The quantitative estimate of drug-likeness (QED) is 0.808. The van der Waals surface area contributed by atoms with Gasteiger partial charge in [-0.15, -0.1) is 0 Å². The molecule has 0 spiro atoms. The van der Waals surface area contributed by atoms with Gasteiger partial charge in [0.2, 0.25) is 10.0 Å². The number of hydrogen-bond donors (Lipinski definition) is 1. The summed E-state index contributed by atoms with van der Waals surface area (Å²) >= 11 is 0. The molecule has 0 aromatic heterocycles. The van der Waals surface area contributed by atoms with E-state index < -0.39 is 10.0 Å². The van der Waals surface area contributed by atoms with Gasteiger partial charge in [-0.2, -0.15) is 4.31 Å². The van der Waals surface area contributed by atoms with Gasteiger partial charge in [0.15, 0.2) is 0 Å². The fourth-order valence-corrected chi connectivity index (χ4v) is 4.81. The molecular formula is C21H27N3O3S. The Morgan fingerprint density at radius 2 is 1.71 bits per heavy atom. The maximum absolute atomic E-state index is 12.8. The van der Waals surface area contributed by atoms with Crippen molar-refractivity contribution in [3.8, 4) is 0 Å². The fraction of sp³-hybridized carbons (Fsp3) is 0.381. The summed E-state index contributed by atoms with van der Waals surface area (Å²) in [5, 5.41) is 2.86. The second kappa shape index (κ2) is 8.75. The number of benzene rings is 2. The average Bonchev–Trinajstić information content (AvgIpc) is 2.73. The summed E-state index contributed by atoms with van der Waals surface area (Å²) in [6, 6.07) is 14.2. The number of piperidine rings is 1. The van der Waals surface area contributed by atoms with Crippen molar-refractivity contribution in [2.75, 3.05) is 32.1 Å². The van der Waals surface area contributed by atoms with E-state index in [0.717, 1.165) is 30.5 Å². The third-order valence-electron chi connectivity index (χ3n) is 4.95. The SMILES string of the molecule is CN(C)c1ccc(CNC(=O)c2cccc(S(=O)(=O)N3CCCCC3)c2)cc1. The highest BCUT2D eigenvalue weighted by molar-refractivity contribution is 7.89. The Morgan fingerprint density at radius 1 is 1.04 bits per heavy atom. The molecule has 2 aromatic rings. The third-order valence-corrected chi connectivity index (χ3v) is 6.85. The summed E-state index contributed by atoms with van der Waals surface area (Å²) in [5.74, 6) is -0.285. The Hall–Kier alpha value is -2.38. The van der Waals surface area contributed by atoms with Crippen molar-refractivity contribution < 1.29 is 13.2 Å². The molecule has 0 unspecified atom stereocenters. The van der Waals surface area contributed by atoms with Gasteiger partial charge in [0, 0.05) is 45.0 Å². The minimum absolute atomic E-state index is 0.178. The smallest absolute Gasteiger partial charge is 0.251 e. The second-order valence-electron chi connectivity index (χ2n) is 7.24. The molecule has 150 valence electrons. The molecule has 1 N–H and O–H groups in total. The molecule has 0 atom stereocenters. The third kappa shape index (κ3) is 4.72. The lowest BCUT2D eigenvalue weighted by Gasteiger charge is -2.26. The first-order valence-corrected chi connectivity index (χ1v) is 11.0. The summed E-state index contributed by atoms with van der Waals surface area (Å²) in [5.41, 5.74) is 2.42. The van der Waals surface area contributed by atoms with E-state index in [1.54, 1.807) is 18.2 Å². The van der Waals surface area contributed by atoms with E-state index in [1.807, 2.05) is 43.3 Å². The lowest BCUT2D eigenvalue weighted by atomic mass is 10.1. The van der Waals surface area contributed by atoms with Gasteiger partial charge in [-0.1, -0.05) is 24.6 Å². The van der Waals surface area contributed by atoms with Crippen molar-refractivity contribution in [2.24, 2.45) is 0 Å². The van der Waals surface area contributed by atoms with Crippen molar-refractivity contribution in [3.63, 3.8) is 0 Å². The van der Waals surface area contributed by atoms with Gasteiger partial charge in [-0.3, -0.25) is 4.79 Å². The summed E-state index contributed by atoms with van der Waals surface area (Å²) < 4.78 is 27.2. The van der Waals surface area contributed by atoms with Crippen LogP contribution in [0.1, 0.15) is 35.2 Å². The van der Waals surface area contributed by atoms with Crippen LogP contribution in [0.5, 0.6) is 0 Å². The summed E-state index contributed by atoms with van der Waals surface area (Å²) in [6.45, 7) is 1.47. The van der Waals surface area contributed by atoms with E-state index in [-0.39, 0.29) is 10.8 Å². The fourth-order valence-electron chi connectivity index (χ4n) is 3.25. The molecule has 1 saturated heterocycles. The molecule has 0 saturated carbocycles. The molecule has 1 heterocycles. The minimum Gasteiger partial charge on any atom is -0.378 e. The number of carbonyl (C=O) groups excluding carboxylic acids is 1. The first-order chi connectivity index (χ1) is 13.4. The molecule has 1 fully saturated rings. The molecule has 0 bridgehead atoms. The number of sulfonamides is 1. The van der Waals surface area contributed by atoms with Gasteiger partial charge >= 0.3 is 0 Å². The van der Waals surface area contributed by atoms with Crippen LogP contribution >= 0.6 is 0 Å². The van der Waals surface area contributed by atoms with Crippen LogP contribution in [0.25, 0.3) is 0 Å². The summed E-state index contributed by atoms with van der Waals surface area (Å²) in [4.78, 5) is 14.7. The predicted molar refractivity (Wildman–Crippen MR) is 111 cm³/mol. The zero-order chi connectivity index (χ0) is 20.1. The molecule has 1 aliphatic heterocycles. The maximum atomic E-state index is 12.8. The lowest BCUT2D eigenvalue weighted by Crippen LogP contribution is -2.35. The number of amides is 1. The van der Waals surface area contributed by atoms with Gasteiger partial charge in [0.05, 0.1) is 4.90 Å². The summed E-state index contributed by atoms with van der Waals surface area (Å²) in [6.07, 6.45) is 2.82. The molecule has 1 aliphatic rings. The molecule has 6 nitrogen and oxygen atoms in total. The molecule has 0 aliphatic carbocycles. The molecule has 2 aromatic carbocycles. The zero-order valence-corrected chi connectivity index (χ0v) is 17.2. The maximum Gasteiger partial charge on any atom is 0.251 e. The molecule has 3 rings (SSSR count). The van der Waals surface area contributed by atoms with Crippen molar-refractivity contribution in [3.05, 3.63) is 59.7 Å². The van der Waals surface area contributed by atoms with E-state index in [0.29, 0.717) is 25.2 Å². The van der Waals surface area contributed by atoms with Crippen LogP contribution in [0.3, 0.4) is 0 Å². The van der Waals surface area contributed by atoms with Crippen LogP contribution in [0, 0.1) is 0 Å². The van der Waals surface area contributed by atoms with Crippen molar-refractivity contribution in [1.29, 1.82) is 0 Å². The first-order valence-electron chi connectivity index (χ1n) is 9.52. The van der Waals surface area contributed by atoms with Crippen LogP contribution in [-0.2, 0) is 16.6 Å². The monoisotopic (exact) mass is 401 g/mol. The van der Waals surface area contributed by atoms with Crippen molar-refractivity contribution in [2.45, 2.75) is 30.7 Å². The molecule has 28 heavy (non-hydrogen) atoms. The van der Waals surface area contributed by atoms with Gasteiger partial charge in [-0.05, 0) is 48.7 Å². The Bertz CT molecular complexity index is 918. The highest BCUT2D eigenvalue weighted by atomic mass is 32.2. The van der Waals surface area contributed by atoms with Gasteiger partial charge in [0.1, 0.15) is 0 Å². The average molecular weight is 402 g/mol. The zero-order valence-electron chi connectivity index (χ0n) is 16.4. The largest absolute Gasteiger partial charge is 0.378 e. The van der Waals surface area contributed by atoms with Crippen LogP contribution < -0.4 is 10.2 Å². The second-order valence-corrected chi connectivity index (χ2v) is 9.17. The highest BCUT2D eigenvalue weighted by Gasteiger charge is 2.26. The van der Waals surface area contributed by atoms with Gasteiger partial charge < -0.3 is 10.2 Å². The number of nitrogens with one attached hydrogen (secondary N) is 1. The van der Waals surface area contributed by atoms with Crippen molar-refractivity contribution in [1.82, 2.24) is 9.62 Å². The van der Waals surface area contributed by atoms with E-state index in [2.05, 4.69) is 5.32 Å². The number of nitrogens with zero attached hydrogens (tertiary/aromatic N) is 2. The Labute approximate surface area is 167 Å². The lowest BCUT2D eigenvalue weighted by molar-refractivity contribution is 0.0950. The Morgan fingerprint density at radius 3 is 2.36 bits per heavy atom. The van der Waals surface area contributed by atoms with Gasteiger partial charge in [0.25, 0.3) is 5.91 Å². The molecule has 1 amide bonds. The molecule has 0 radical (unpaired) electrons. The van der Waals surface area contributed by atoms with Crippen LogP contribution in [0.4, 0.5) is 5.69 Å². The summed E-state index contributed by atoms with van der Waals surface area (Å²) in [7, 11) is 0.398. The number of carbonyl (C=O) groups is 1. The first kappa shape index (κ1) is 20.4. The van der Waals surface area contributed by atoms with Gasteiger partial charge in [-0.25, -0.2) is 8.42 Å². The highest BCUT2D eigenvalue weighted by Crippen LogP contribution is 2.21. The van der Waals surface area contributed by atoms with Crippen LogP contribution in [0.15, 0.2) is 53.4 Å². The van der Waals surface area contributed by atoms with Crippen LogP contribution in [-0.4, -0.2) is 45.8 Å². The number of anilines is 1. The standard InChI is InChI=1S/C21H27N3O3S/c1-23(2)19-11-9-17(10-12-19)16-22-21(25)18-7-6-8-20(15-18)28(26,27)24-13-4-3-5-14-24/h6-12,15H,3-5,13-14,16H2,1-2H3,(H,22,25).